The third-order valence-corrected chi connectivity index (χ3v) is 4.53. The molecule has 0 radical (unpaired) electrons. The van der Waals surface area contributed by atoms with E-state index in [2.05, 4.69) is 34.7 Å². The molecule has 0 saturated heterocycles. The summed E-state index contributed by atoms with van der Waals surface area (Å²) in [6.45, 7) is 4.09. The first-order chi connectivity index (χ1) is 14.6. The van der Waals surface area contributed by atoms with E-state index in [0.29, 0.717) is 36.3 Å². The molecule has 0 saturated carbocycles. The molecule has 8 heteroatoms. The zero-order valence-corrected chi connectivity index (χ0v) is 21.3. The van der Waals surface area contributed by atoms with Gasteiger partial charge in [-0.1, -0.05) is 25.5 Å². The lowest BCUT2D eigenvalue weighted by atomic mass is 10.2. The van der Waals surface area contributed by atoms with Crippen LogP contribution in [0, 0.1) is 0 Å². The molecule has 2 aromatic carbocycles. The molecule has 2 aromatic rings. The van der Waals surface area contributed by atoms with Crippen molar-refractivity contribution in [3.05, 3.63) is 47.5 Å². The third-order valence-electron chi connectivity index (χ3n) is 4.53. The van der Waals surface area contributed by atoms with Crippen molar-refractivity contribution in [1.29, 1.82) is 0 Å². The van der Waals surface area contributed by atoms with Crippen LogP contribution < -0.4 is 29.6 Å². The van der Waals surface area contributed by atoms with Gasteiger partial charge in [-0.15, -0.1) is 24.0 Å². The predicted octanol–water partition coefficient (Wildman–Crippen LogP) is 4.37. The Bertz CT molecular complexity index is 805. The van der Waals surface area contributed by atoms with Gasteiger partial charge in [0, 0.05) is 20.1 Å². The summed E-state index contributed by atoms with van der Waals surface area (Å²) in [4.78, 5) is 4.30. The highest BCUT2D eigenvalue weighted by Gasteiger charge is 2.13. The van der Waals surface area contributed by atoms with Crippen molar-refractivity contribution >= 4 is 29.9 Å². The molecule has 0 aliphatic carbocycles. The second-order valence-electron chi connectivity index (χ2n) is 6.66. The second-order valence-corrected chi connectivity index (χ2v) is 6.66. The largest absolute Gasteiger partial charge is 0.494 e. The first kappa shape index (κ1) is 26.7. The average Bonchev–Trinajstić information content (AvgIpc) is 2.78. The fourth-order valence-electron chi connectivity index (χ4n) is 2.91. The maximum atomic E-state index is 5.78. The molecule has 0 bridgehead atoms. The van der Waals surface area contributed by atoms with Crippen molar-refractivity contribution in [2.75, 3.05) is 35.0 Å². The quantitative estimate of drug-likeness (QED) is 0.190. The Kier molecular flexibility index (Phi) is 12.6. The highest BCUT2D eigenvalue weighted by molar-refractivity contribution is 14.0. The molecule has 0 aromatic heterocycles. The van der Waals surface area contributed by atoms with Crippen LogP contribution in [0.5, 0.6) is 23.0 Å². The molecule has 0 aliphatic heterocycles. The SMILES string of the molecule is CCCCOc1cccc(CNC(=NC)NCc2cc(OC)c(OC)c(OC)c2)c1.I. The monoisotopic (exact) mass is 543 g/mol. The molecule has 0 spiro atoms. The standard InChI is InChI=1S/C23H33N3O4.HI/c1-6-7-11-30-19-10-8-9-17(12-19)15-25-23(24-2)26-16-18-13-20(27-3)22(29-5)21(14-18)28-4;/h8-10,12-14H,6-7,11,15-16H2,1-5H3,(H2,24,25,26);1H. The Morgan fingerprint density at radius 1 is 0.903 bits per heavy atom. The fraction of sp³-hybridized carbons (Fsp3) is 0.435. The Balaban J connectivity index is 0.00000480. The van der Waals surface area contributed by atoms with E-state index in [1.54, 1.807) is 28.4 Å². The molecule has 172 valence electrons. The smallest absolute Gasteiger partial charge is 0.203 e. The zero-order valence-electron chi connectivity index (χ0n) is 19.0. The van der Waals surface area contributed by atoms with Gasteiger partial charge in [-0.3, -0.25) is 4.99 Å². The molecule has 0 heterocycles. The molecular weight excluding hydrogens is 509 g/mol. The van der Waals surface area contributed by atoms with Gasteiger partial charge in [-0.05, 0) is 41.8 Å². The molecule has 7 nitrogen and oxygen atoms in total. The Morgan fingerprint density at radius 2 is 1.55 bits per heavy atom. The van der Waals surface area contributed by atoms with Crippen LogP contribution in [0.15, 0.2) is 41.4 Å². The topological polar surface area (TPSA) is 73.3 Å². The number of guanidine groups is 1. The van der Waals surface area contributed by atoms with E-state index in [1.165, 1.54) is 0 Å². The van der Waals surface area contributed by atoms with Crippen LogP contribution in [-0.2, 0) is 13.1 Å². The van der Waals surface area contributed by atoms with Crippen LogP contribution >= 0.6 is 24.0 Å². The van der Waals surface area contributed by atoms with Gasteiger partial charge in [0.25, 0.3) is 0 Å². The summed E-state index contributed by atoms with van der Waals surface area (Å²) in [7, 11) is 6.55. The van der Waals surface area contributed by atoms with Gasteiger partial charge in [-0.2, -0.15) is 0 Å². The number of nitrogens with zero attached hydrogens (tertiary/aromatic N) is 1. The molecule has 2 rings (SSSR count). The van der Waals surface area contributed by atoms with E-state index in [0.717, 1.165) is 36.3 Å². The lowest BCUT2D eigenvalue weighted by Gasteiger charge is -2.16. The average molecular weight is 543 g/mol. The third kappa shape index (κ3) is 8.35. The number of rotatable bonds is 11. The van der Waals surface area contributed by atoms with Gasteiger partial charge in [0.05, 0.1) is 27.9 Å². The van der Waals surface area contributed by atoms with Crippen LogP contribution in [0.4, 0.5) is 0 Å². The van der Waals surface area contributed by atoms with Crippen LogP contribution in [0.1, 0.15) is 30.9 Å². The normalized spacial score (nSPS) is 10.7. The first-order valence-corrected chi connectivity index (χ1v) is 10.1. The van der Waals surface area contributed by atoms with Crippen LogP contribution in [-0.4, -0.2) is 40.9 Å². The van der Waals surface area contributed by atoms with E-state index in [4.69, 9.17) is 18.9 Å². The summed E-state index contributed by atoms with van der Waals surface area (Å²) < 4.78 is 22.0. The van der Waals surface area contributed by atoms with Crippen molar-refractivity contribution in [3.63, 3.8) is 0 Å². The lowest BCUT2D eigenvalue weighted by Crippen LogP contribution is -2.36. The Labute approximate surface area is 202 Å². The minimum atomic E-state index is 0. The number of ether oxygens (including phenoxy) is 4. The Hall–Kier alpha value is -2.36. The molecule has 0 amide bonds. The minimum absolute atomic E-state index is 0. The molecule has 0 fully saturated rings. The minimum Gasteiger partial charge on any atom is -0.494 e. The van der Waals surface area contributed by atoms with Crippen LogP contribution in [0.3, 0.4) is 0 Å². The van der Waals surface area contributed by atoms with E-state index < -0.39 is 0 Å². The number of benzene rings is 2. The van der Waals surface area contributed by atoms with Crippen molar-refractivity contribution in [3.8, 4) is 23.0 Å². The van der Waals surface area contributed by atoms with Gasteiger partial charge < -0.3 is 29.6 Å². The first-order valence-electron chi connectivity index (χ1n) is 10.1. The lowest BCUT2D eigenvalue weighted by molar-refractivity contribution is 0.309. The summed E-state index contributed by atoms with van der Waals surface area (Å²) in [5.74, 6) is 3.41. The maximum absolute atomic E-state index is 5.78. The molecular formula is C23H34IN3O4. The van der Waals surface area contributed by atoms with Crippen molar-refractivity contribution in [1.82, 2.24) is 10.6 Å². The molecule has 0 unspecified atom stereocenters. The predicted molar refractivity (Wildman–Crippen MR) is 135 cm³/mol. The highest BCUT2D eigenvalue weighted by Crippen LogP contribution is 2.38. The van der Waals surface area contributed by atoms with E-state index in [-0.39, 0.29) is 24.0 Å². The summed E-state index contributed by atoms with van der Waals surface area (Å²) in [5, 5.41) is 6.63. The van der Waals surface area contributed by atoms with E-state index in [1.807, 2.05) is 24.3 Å². The molecule has 2 N–H and O–H groups in total. The van der Waals surface area contributed by atoms with Gasteiger partial charge in [-0.25, -0.2) is 0 Å². The number of halogens is 1. The number of hydrogen-bond donors (Lipinski definition) is 2. The van der Waals surface area contributed by atoms with Crippen molar-refractivity contribution in [2.24, 2.45) is 4.99 Å². The number of nitrogens with one attached hydrogen (secondary N) is 2. The number of aliphatic imine (C=N–C) groups is 1. The highest BCUT2D eigenvalue weighted by atomic mass is 127. The second kappa shape index (κ2) is 14.6. The molecule has 31 heavy (non-hydrogen) atoms. The van der Waals surface area contributed by atoms with E-state index in [9.17, 15) is 0 Å². The van der Waals surface area contributed by atoms with Gasteiger partial charge in [0.2, 0.25) is 5.75 Å². The van der Waals surface area contributed by atoms with Crippen molar-refractivity contribution in [2.45, 2.75) is 32.9 Å². The Morgan fingerprint density at radius 3 is 2.10 bits per heavy atom. The summed E-state index contributed by atoms with van der Waals surface area (Å²) in [5.41, 5.74) is 2.11. The fourth-order valence-corrected chi connectivity index (χ4v) is 2.91. The summed E-state index contributed by atoms with van der Waals surface area (Å²) in [6, 6.07) is 11.9. The number of methoxy groups -OCH3 is 3. The summed E-state index contributed by atoms with van der Waals surface area (Å²) >= 11 is 0. The van der Waals surface area contributed by atoms with Crippen molar-refractivity contribution < 1.29 is 18.9 Å². The van der Waals surface area contributed by atoms with Gasteiger partial charge in [0.1, 0.15) is 5.75 Å². The molecule has 0 aliphatic rings. The maximum Gasteiger partial charge on any atom is 0.203 e. The van der Waals surface area contributed by atoms with Crippen LogP contribution in [0.25, 0.3) is 0 Å². The van der Waals surface area contributed by atoms with E-state index >= 15 is 0 Å². The number of unbranched alkanes of at least 4 members (excludes halogenated alkanes) is 1. The number of hydrogen-bond acceptors (Lipinski definition) is 5. The van der Waals surface area contributed by atoms with Gasteiger partial charge >= 0.3 is 0 Å². The summed E-state index contributed by atoms with van der Waals surface area (Å²) in [6.07, 6.45) is 2.18. The van der Waals surface area contributed by atoms with Gasteiger partial charge in [0.15, 0.2) is 17.5 Å². The van der Waals surface area contributed by atoms with Crippen LogP contribution in [0.2, 0.25) is 0 Å². The zero-order chi connectivity index (χ0) is 21.8. The molecule has 0 atom stereocenters.